The Kier molecular flexibility index (Phi) is 2.91. The summed E-state index contributed by atoms with van der Waals surface area (Å²) in [4.78, 5) is 4.01. The maximum absolute atomic E-state index is 12.9. The van der Waals surface area contributed by atoms with Gasteiger partial charge in [-0.15, -0.1) is 0 Å². The van der Waals surface area contributed by atoms with Gasteiger partial charge in [0.25, 0.3) is 5.89 Å². The maximum atomic E-state index is 12.9. The van der Waals surface area contributed by atoms with Gasteiger partial charge in [-0.25, -0.2) is 8.78 Å². The third kappa shape index (κ3) is 2.06. The zero-order chi connectivity index (χ0) is 11.5. The first kappa shape index (κ1) is 10.7. The van der Waals surface area contributed by atoms with Gasteiger partial charge >= 0.3 is 0 Å². The second-order valence-electron chi connectivity index (χ2n) is 3.17. The van der Waals surface area contributed by atoms with Crippen LogP contribution in [0.2, 0.25) is 0 Å². The van der Waals surface area contributed by atoms with Gasteiger partial charge < -0.3 is 9.84 Å². The van der Waals surface area contributed by atoms with Gasteiger partial charge in [-0.2, -0.15) is 4.98 Å². The van der Waals surface area contributed by atoms with Crippen molar-refractivity contribution in [3.8, 4) is 11.5 Å². The average Bonchev–Trinajstić information content (AvgIpc) is 2.71. The molecule has 0 atom stereocenters. The number of halogens is 2. The Balaban J connectivity index is 2.31. The van der Waals surface area contributed by atoms with Gasteiger partial charge in [0, 0.05) is 5.56 Å². The van der Waals surface area contributed by atoms with Crippen molar-refractivity contribution in [2.75, 3.05) is 7.05 Å². The van der Waals surface area contributed by atoms with Gasteiger partial charge in [-0.1, -0.05) is 5.16 Å². The molecule has 0 spiro atoms. The van der Waals surface area contributed by atoms with E-state index >= 15 is 0 Å². The standard InChI is InChI=1S/C10H9F2N3O/c1-13-5-9-14-10(16-15-9)6-2-3-7(11)8(12)4-6/h2-4,13H,5H2,1H3. The van der Waals surface area contributed by atoms with Crippen LogP contribution in [0.1, 0.15) is 5.82 Å². The Morgan fingerprint density at radius 3 is 2.81 bits per heavy atom. The minimum atomic E-state index is -0.939. The first-order valence-corrected chi connectivity index (χ1v) is 4.63. The van der Waals surface area contributed by atoms with E-state index in [0.29, 0.717) is 17.9 Å². The molecule has 0 saturated heterocycles. The predicted molar refractivity (Wildman–Crippen MR) is 52.4 cm³/mol. The lowest BCUT2D eigenvalue weighted by molar-refractivity contribution is 0.420. The fourth-order valence-corrected chi connectivity index (χ4v) is 1.23. The molecule has 1 heterocycles. The second kappa shape index (κ2) is 4.36. The molecular formula is C10H9F2N3O. The summed E-state index contributed by atoms with van der Waals surface area (Å²) in [5.74, 6) is -1.21. The van der Waals surface area contributed by atoms with Crippen molar-refractivity contribution in [3.05, 3.63) is 35.7 Å². The highest BCUT2D eigenvalue weighted by Crippen LogP contribution is 2.19. The Bertz CT molecular complexity index is 499. The number of nitrogens with one attached hydrogen (secondary N) is 1. The van der Waals surface area contributed by atoms with Crippen LogP contribution in [0.4, 0.5) is 8.78 Å². The first-order chi connectivity index (χ1) is 7.70. The molecule has 1 N–H and O–H groups in total. The van der Waals surface area contributed by atoms with Crippen LogP contribution in [0.25, 0.3) is 11.5 Å². The fourth-order valence-electron chi connectivity index (χ4n) is 1.23. The summed E-state index contributed by atoms with van der Waals surface area (Å²) in [6, 6.07) is 3.42. The number of hydrogen-bond donors (Lipinski definition) is 1. The van der Waals surface area contributed by atoms with E-state index in [9.17, 15) is 8.78 Å². The number of benzene rings is 1. The smallest absolute Gasteiger partial charge is 0.258 e. The molecule has 0 fully saturated rings. The van der Waals surface area contributed by atoms with Crippen molar-refractivity contribution in [2.24, 2.45) is 0 Å². The van der Waals surface area contributed by atoms with E-state index in [0.717, 1.165) is 12.1 Å². The molecule has 0 amide bonds. The monoisotopic (exact) mass is 225 g/mol. The van der Waals surface area contributed by atoms with Crippen LogP contribution in [0.15, 0.2) is 22.7 Å². The van der Waals surface area contributed by atoms with Crippen LogP contribution >= 0.6 is 0 Å². The van der Waals surface area contributed by atoms with E-state index < -0.39 is 11.6 Å². The summed E-state index contributed by atoms with van der Waals surface area (Å²) in [5, 5.41) is 6.52. The van der Waals surface area contributed by atoms with E-state index in [1.807, 2.05) is 0 Å². The highest BCUT2D eigenvalue weighted by atomic mass is 19.2. The van der Waals surface area contributed by atoms with Crippen molar-refractivity contribution in [1.29, 1.82) is 0 Å². The molecule has 84 valence electrons. The highest BCUT2D eigenvalue weighted by Gasteiger charge is 2.10. The summed E-state index contributed by atoms with van der Waals surface area (Å²) in [6.07, 6.45) is 0. The Morgan fingerprint density at radius 1 is 1.31 bits per heavy atom. The van der Waals surface area contributed by atoms with Crippen molar-refractivity contribution in [2.45, 2.75) is 6.54 Å². The Labute approximate surface area is 90.3 Å². The highest BCUT2D eigenvalue weighted by molar-refractivity contribution is 5.52. The largest absolute Gasteiger partial charge is 0.334 e. The van der Waals surface area contributed by atoms with Crippen LogP contribution in [-0.4, -0.2) is 17.2 Å². The summed E-state index contributed by atoms with van der Waals surface area (Å²) in [5.41, 5.74) is 0.355. The van der Waals surface area contributed by atoms with Gasteiger partial charge in [0.05, 0.1) is 6.54 Å². The third-order valence-electron chi connectivity index (χ3n) is 1.97. The van der Waals surface area contributed by atoms with Gasteiger partial charge in [-0.3, -0.25) is 0 Å². The van der Waals surface area contributed by atoms with Crippen molar-refractivity contribution in [3.63, 3.8) is 0 Å². The normalized spacial score (nSPS) is 10.7. The Hall–Kier alpha value is -1.82. The number of aromatic nitrogens is 2. The lowest BCUT2D eigenvalue weighted by atomic mass is 10.2. The van der Waals surface area contributed by atoms with Crippen LogP contribution in [0.3, 0.4) is 0 Å². The molecule has 6 heteroatoms. The van der Waals surface area contributed by atoms with Crippen molar-refractivity contribution >= 4 is 0 Å². The van der Waals surface area contributed by atoms with Crippen molar-refractivity contribution < 1.29 is 13.3 Å². The molecule has 2 aromatic rings. The molecule has 0 aliphatic carbocycles. The zero-order valence-electron chi connectivity index (χ0n) is 8.50. The molecule has 2 rings (SSSR count). The third-order valence-corrected chi connectivity index (χ3v) is 1.97. The summed E-state index contributed by atoms with van der Waals surface area (Å²) in [7, 11) is 1.74. The van der Waals surface area contributed by atoms with Crippen LogP contribution in [-0.2, 0) is 6.54 Å². The number of rotatable bonds is 3. The quantitative estimate of drug-likeness (QED) is 0.864. The topological polar surface area (TPSA) is 51.0 Å². The average molecular weight is 225 g/mol. The zero-order valence-corrected chi connectivity index (χ0v) is 8.50. The van der Waals surface area contributed by atoms with E-state index in [1.54, 1.807) is 7.05 Å². The second-order valence-corrected chi connectivity index (χ2v) is 3.17. The van der Waals surface area contributed by atoms with E-state index in [4.69, 9.17) is 4.52 Å². The molecule has 0 unspecified atom stereocenters. The van der Waals surface area contributed by atoms with E-state index in [1.165, 1.54) is 6.07 Å². The number of hydrogen-bond acceptors (Lipinski definition) is 4. The maximum Gasteiger partial charge on any atom is 0.258 e. The minimum Gasteiger partial charge on any atom is -0.334 e. The van der Waals surface area contributed by atoms with Gasteiger partial charge in [0.1, 0.15) is 0 Å². The number of nitrogens with zero attached hydrogens (tertiary/aromatic N) is 2. The Morgan fingerprint density at radius 2 is 2.12 bits per heavy atom. The lowest BCUT2D eigenvalue weighted by Crippen LogP contribution is -2.06. The molecular weight excluding hydrogens is 216 g/mol. The van der Waals surface area contributed by atoms with Gasteiger partial charge in [0.15, 0.2) is 17.5 Å². The van der Waals surface area contributed by atoms with Gasteiger partial charge in [-0.05, 0) is 25.2 Å². The SMILES string of the molecule is CNCc1noc(-c2ccc(F)c(F)c2)n1. The molecule has 1 aromatic heterocycles. The summed E-state index contributed by atoms with van der Waals surface area (Å²) in [6.45, 7) is 0.452. The lowest BCUT2D eigenvalue weighted by Gasteiger charge is -1.95. The van der Waals surface area contributed by atoms with Crippen LogP contribution < -0.4 is 5.32 Å². The molecule has 16 heavy (non-hydrogen) atoms. The van der Waals surface area contributed by atoms with Crippen LogP contribution in [0, 0.1) is 11.6 Å². The van der Waals surface area contributed by atoms with Gasteiger partial charge in [0.2, 0.25) is 0 Å². The first-order valence-electron chi connectivity index (χ1n) is 4.63. The molecule has 0 aliphatic rings. The molecule has 0 aliphatic heterocycles. The molecule has 0 radical (unpaired) electrons. The summed E-state index contributed by atoms with van der Waals surface area (Å²) < 4.78 is 30.5. The van der Waals surface area contributed by atoms with E-state index in [2.05, 4.69) is 15.5 Å². The molecule has 1 aromatic carbocycles. The molecule has 4 nitrogen and oxygen atoms in total. The summed E-state index contributed by atoms with van der Waals surface area (Å²) >= 11 is 0. The van der Waals surface area contributed by atoms with Crippen LogP contribution in [0.5, 0.6) is 0 Å². The fraction of sp³-hybridized carbons (Fsp3) is 0.200. The molecule has 0 bridgehead atoms. The predicted octanol–water partition coefficient (Wildman–Crippen LogP) is 1.73. The minimum absolute atomic E-state index is 0.171. The van der Waals surface area contributed by atoms with E-state index in [-0.39, 0.29) is 5.89 Å². The molecule has 0 saturated carbocycles. The van der Waals surface area contributed by atoms with Crippen molar-refractivity contribution in [1.82, 2.24) is 15.5 Å².